The summed E-state index contributed by atoms with van der Waals surface area (Å²) in [5.41, 5.74) is 2.09. The fourth-order valence-corrected chi connectivity index (χ4v) is 3.73. The Morgan fingerprint density at radius 3 is 2.61 bits per heavy atom. The summed E-state index contributed by atoms with van der Waals surface area (Å²) in [4.78, 5) is 50.8. The van der Waals surface area contributed by atoms with Gasteiger partial charge in [-0.1, -0.05) is 32.4 Å². The first-order chi connectivity index (χ1) is 13.4. The maximum absolute atomic E-state index is 12.8. The number of hydrogen-bond acceptors (Lipinski definition) is 4. The molecule has 1 N–H and O–H groups in total. The fourth-order valence-electron chi connectivity index (χ4n) is 3.73. The molecule has 3 rings (SSSR count). The third-order valence-corrected chi connectivity index (χ3v) is 5.37. The second kappa shape index (κ2) is 8.50. The van der Waals surface area contributed by atoms with Crippen molar-refractivity contribution in [1.82, 2.24) is 10.2 Å². The minimum Gasteiger partial charge on any atom is -0.329 e. The van der Waals surface area contributed by atoms with Gasteiger partial charge in [-0.3, -0.25) is 24.1 Å². The second-order valence-corrected chi connectivity index (χ2v) is 7.50. The van der Waals surface area contributed by atoms with Crippen LogP contribution in [0.1, 0.15) is 78.1 Å². The van der Waals surface area contributed by atoms with E-state index >= 15 is 0 Å². The van der Waals surface area contributed by atoms with Crippen LogP contribution in [-0.4, -0.2) is 34.4 Å². The number of nitrogens with zero attached hydrogens (tertiary/aromatic N) is 1. The number of hydrogen-bond donors (Lipinski definition) is 1. The maximum Gasteiger partial charge on any atom is 0.262 e. The number of imide groups is 1. The largest absolute Gasteiger partial charge is 0.329 e. The molecule has 148 valence electrons. The Hall–Kier alpha value is -2.76. The van der Waals surface area contributed by atoms with Gasteiger partial charge in [0.25, 0.3) is 11.8 Å². The standard InChI is InChI=1S/C22H26N2O4/c1-3-4-5-6-16(25)10-8-15-9-11-17-18(13-15)22(28)24(21(17)27)19-12-7-14(2)23-20(19)26/h9,11,13,19H,2-8,10,12H2,1H3,(H,23,26). The number of nitrogens with one attached hydrogen (secondary N) is 1. The number of Topliss-reactive ketones (excluding diaryl/α,β-unsaturated/α-hetero) is 1. The van der Waals surface area contributed by atoms with Crippen LogP contribution < -0.4 is 5.32 Å². The zero-order valence-electron chi connectivity index (χ0n) is 16.3. The van der Waals surface area contributed by atoms with Crippen molar-refractivity contribution in [3.05, 3.63) is 47.2 Å². The number of rotatable bonds is 8. The Balaban J connectivity index is 1.69. The molecule has 1 atom stereocenters. The number of ketones is 1. The van der Waals surface area contributed by atoms with E-state index in [1.807, 2.05) is 0 Å². The minimum absolute atomic E-state index is 0.220. The number of aryl methyl sites for hydroxylation is 1. The fraction of sp³-hybridized carbons (Fsp3) is 0.455. The van der Waals surface area contributed by atoms with Crippen LogP contribution in [0.25, 0.3) is 0 Å². The topological polar surface area (TPSA) is 83.6 Å². The van der Waals surface area contributed by atoms with Crippen molar-refractivity contribution in [1.29, 1.82) is 0 Å². The van der Waals surface area contributed by atoms with Crippen molar-refractivity contribution in [2.45, 2.75) is 64.3 Å². The number of carbonyl (C=O) groups excluding carboxylic acids is 4. The van der Waals surface area contributed by atoms with Crippen LogP contribution in [0, 0.1) is 0 Å². The van der Waals surface area contributed by atoms with E-state index in [2.05, 4.69) is 18.8 Å². The number of allylic oxidation sites excluding steroid dienone is 1. The van der Waals surface area contributed by atoms with Crippen LogP contribution in [0.2, 0.25) is 0 Å². The molecule has 1 unspecified atom stereocenters. The van der Waals surface area contributed by atoms with Crippen molar-refractivity contribution in [2.24, 2.45) is 0 Å². The van der Waals surface area contributed by atoms with Crippen molar-refractivity contribution < 1.29 is 19.2 Å². The highest BCUT2D eigenvalue weighted by atomic mass is 16.2. The minimum atomic E-state index is -0.804. The Bertz CT molecular complexity index is 843. The Labute approximate surface area is 165 Å². The van der Waals surface area contributed by atoms with Crippen LogP contribution >= 0.6 is 0 Å². The third-order valence-electron chi connectivity index (χ3n) is 5.37. The number of carbonyl (C=O) groups is 4. The van der Waals surface area contributed by atoms with Crippen molar-refractivity contribution in [3.8, 4) is 0 Å². The molecule has 3 amide bonds. The third kappa shape index (κ3) is 4.06. The van der Waals surface area contributed by atoms with E-state index in [1.165, 1.54) is 0 Å². The lowest BCUT2D eigenvalue weighted by Gasteiger charge is -2.29. The molecule has 0 aliphatic carbocycles. The molecule has 2 aliphatic rings. The van der Waals surface area contributed by atoms with Gasteiger partial charge in [-0.15, -0.1) is 0 Å². The summed E-state index contributed by atoms with van der Waals surface area (Å²) >= 11 is 0. The first-order valence-electron chi connectivity index (χ1n) is 9.93. The molecule has 0 spiro atoms. The van der Waals surface area contributed by atoms with Gasteiger partial charge in [0.2, 0.25) is 5.91 Å². The predicted molar refractivity (Wildman–Crippen MR) is 105 cm³/mol. The van der Waals surface area contributed by atoms with Crippen molar-refractivity contribution in [3.63, 3.8) is 0 Å². The Morgan fingerprint density at radius 2 is 1.89 bits per heavy atom. The molecule has 1 aromatic carbocycles. The summed E-state index contributed by atoms with van der Waals surface area (Å²) in [6, 6.07) is 4.30. The molecule has 0 saturated carbocycles. The average Bonchev–Trinajstić information content (AvgIpc) is 2.91. The normalized spacial score (nSPS) is 19.0. The summed E-state index contributed by atoms with van der Waals surface area (Å²) in [6.07, 6.45) is 5.54. The molecule has 6 nitrogen and oxygen atoms in total. The van der Waals surface area contributed by atoms with E-state index in [0.29, 0.717) is 48.9 Å². The van der Waals surface area contributed by atoms with Crippen LogP contribution in [0.4, 0.5) is 0 Å². The van der Waals surface area contributed by atoms with Gasteiger partial charge in [0.15, 0.2) is 0 Å². The van der Waals surface area contributed by atoms with E-state index in [0.717, 1.165) is 29.7 Å². The van der Waals surface area contributed by atoms with Gasteiger partial charge in [0.05, 0.1) is 11.1 Å². The van der Waals surface area contributed by atoms with Crippen LogP contribution in [0.3, 0.4) is 0 Å². The number of unbranched alkanes of at least 4 members (excludes halogenated alkanes) is 2. The highest BCUT2D eigenvalue weighted by Crippen LogP contribution is 2.29. The van der Waals surface area contributed by atoms with Crippen LogP contribution in [0.5, 0.6) is 0 Å². The summed E-state index contributed by atoms with van der Waals surface area (Å²) in [5, 5.41) is 2.62. The highest BCUT2D eigenvalue weighted by Gasteiger charge is 2.43. The van der Waals surface area contributed by atoms with Gasteiger partial charge in [-0.2, -0.15) is 0 Å². The molecule has 6 heteroatoms. The SMILES string of the molecule is C=C1CCC(N2C(=O)c3ccc(CCC(=O)CCCCC)cc3C2=O)C(=O)N1. The molecule has 1 fully saturated rings. The highest BCUT2D eigenvalue weighted by molar-refractivity contribution is 6.23. The van der Waals surface area contributed by atoms with E-state index in [9.17, 15) is 19.2 Å². The van der Waals surface area contributed by atoms with Crippen LogP contribution in [-0.2, 0) is 16.0 Å². The Kier molecular flexibility index (Phi) is 6.07. The molecule has 0 aromatic heterocycles. The molecule has 0 bridgehead atoms. The zero-order valence-corrected chi connectivity index (χ0v) is 16.3. The summed E-state index contributed by atoms with van der Waals surface area (Å²) in [5.74, 6) is -1.03. The molecule has 2 heterocycles. The molecule has 2 aliphatic heterocycles. The lowest BCUT2D eigenvalue weighted by molar-refractivity contribution is -0.125. The molecular weight excluding hydrogens is 356 g/mol. The monoisotopic (exact) mass is 382 g/mol. The molecule has 28 heavy (non-hydrogen) atoms. The molecule has 1 aromatic rings. The summed E-state index contributed by atoms with van der Waals surface area (Å²) < 4.78 is 0. The predicted octanol–water partition coefficient (Wildman–Crippen LogP) is 3.16. The molecule has 1 saturated heterocycles. The van der Waals surface area contributed by atoms with Gasteiger partial charge in [0, 0.05) is 18.5 Å². The van der Waals surface area contributed by atoms with Gasteiger partial charge < -0.3 is 5.32 Å². The van der Waals surface area contributed by atoms with Crippen LogP contribution in [0.15, 0.2) is 30.5 Å². The van der Waals surface area contributed by atoms with Gasteiger partial charge in [-0.05, 0) is 43.4 Å². The van der Waals surface area contributed by atoms with E-state index in [-0.39, 0.29) is 11.7 Å². The average molecular weight is 382 g/mol. The lowest BCUT2D eigenvalue weighted by Crippen LogP contribution is -2.51. The first-order valence-corrected chi connectivity index (χ1v) is 9.93. The number of piperidine rings is 1. The molecular formula is C22H26N2O4. The van der Waals surface area contributed by atoms with E-state index in [1.54, 1.807) is 18.2 Å². The zero-order chi connectivity index (χ0) is 20.3. The smallest absolute Gasteiger partial charge is 0.262 e. The van der Waals surface area contributed by atoms with Crippen molar-refractivity contribution in [2.75, 3.05) is 0 Å². The van der Waals surface area contributed by atoms with Crippen molar-refractivity contribution >= 4 is 23.5 Å². The Morgan fingerprint density at radius 1 is 1.14 bits per heavy atom. The number of benzene rings is 1. The lowest BCUT2D eigenvalue weighted by atomic mass is 10.00. The first kappa shape index (κ1) is 20.0. The van der Waals surface area contributed by atoms with E-state index < -0.39 is 17.9 Å². The van der Waals surface area contributed by atoms with Gasteiger partial charge in [-0.25, -0.2) is 0 Å². The number of fused-ring (bicyclic) bond motifs is 1. The van der Waals surface area contributed by atoms with Gasteiger partial charge in [0.1, 0.15) is 11.8 Å². The summed E-state index contributed by atoms with van der Waals surface area (Å²) in [6.45, 7) is 5.83. The number of amides is 3. The second-order valence-electron chi connectivity index (χ2n) is 7.50. The summed E-state index contributed by atoms with van der Waals surface area (Å²) in [7, 11) is 0. The van der Waals surface area contributed by atoms with E-state index in [4.69, 9.17) is 0 Å². The molecule has 0 radical (unpaired) electrons. The quantitative estimate of drug-likeness (QED) is 0.553. The van der Waals surface area contributed by atoms with Gasteiger partial charge >= 0.3 is 0 Å². The maximum atomic E-state index is 12.8.